The predicted octanol–water partition coefficient (Wildman–Crippen LogP) is 0.627. The van der Waals surface area contributed by atoms with Gasteiger partial charge in [0.15, 0.2) is 11.1 Å². The quantitative estimate of drug-likeness (QED) is 0.686. The summed E-state index contributed by atoms with van der Waals surface area (Å²) in [6.45, 7) is 0. The van der Waals surface area contributed by atoms with Crippen LogP contribution in [0.15, 0.2) is 29.2 Å². The topological polar surface area (TPSA) is 66.4 Å². The molecule has 0 bridgehead atoms. The van der Waals surface area contributed by atoms with Crippen LogP contribution >= 0.6 is 0 Å². The summed E-state index contributed by atoms with van der Waals surface area (Å²) in [5.74, 6) is -0.271. The van der Waals surface area contributed by atoms with E-state index in [1.165, 1.54) is 19.2 Å². The maximum Gasteiger partial charge on any atom is 0.251 e. The van der Waals surface area contributed by atoms with Crippen LogP contribution in [0.1, 0.15) is 10.4 Å². The minimum atomic E-state index is -2.04. The van der Waals surface area contributed by atoms with E-state index in [0.29, 0.717) is 5.56 Å². The maximum atomic E-state index is 11.1. The number of benzene rings is 1. The van der Waals surface area contributed by atoms with Gasteiger partial charge in [0.25, 0.3) is 5.91 Å². The van der Waals surface area contributed by atoms with Gasteiger partial charge in [0, 0.05) is 12.6 Å². The molecule has 4 nitrogen and oxygen atoms in total. The molecule has 5 heteroatoms. The highest BCUT2D eigenvalue weighted by Crippen LogP contribution is 2.07. The van der Waals surface area contributed by atoms with E-state index in [1.807, 2.05) is 0 Å². The normalized spacial score (nSPS) is 12.2. The summed E-state index contributed by atoms with van der Waals surface area (Å²) in [4.78, 5) is 11.3. The summed E-state index contributed by atoms with van der Waals surface area (Å²) in [5.41, 5.74) is 0.377. The van der Waals surface area contributed by atoms with E-state index < -0.39 is 11.1 Å². The van der Waals surface area contributed by atoms with E-state index in [0.717, 1.165) is 0 Å². The molecule has 0 saturated heterocycles. The van der Waals surface area contributed by atoms with Gasteiger partial charge < -0.3 is 9.87 Å². The summed E-state index contributed by atoms with van der Waals surface area (Å²) in [5, 5.41) is 2.43. The van der Waals surface area contributed by atoms with Gasteiger partial charge in [0.2, 0.25) is 0 Å². The molecule has 0 fully saturated rings. The molecule has 1 aromatic carbocycles. The number of rotatable bonds is 2. The fraction of sp³-hybridized carbons (Fsp3) is 0.125. The van der Waals surface area contributed by atoms with Crippen LogP contribution in [0.3, 0.4) is 0 Å². The Morgan fingerprint density at radius 1 is 1.54 bits per heavy atom. The average Bonchev–Trinajstić information content (AvgIpc) is 2.17. The zero-order valence-electron chi connectivity index (χ0n) is 6.98. The van der Waals surface area contributed by atoms with Crippen molar-refractivity contribution in [3.05, 3.63) is 29.8 Å². The minimum absolute atomic E-state index is 0.223. The fourth-order valence-corrected chi connectivity index (χ4v) is 1.31. The number of carbonyl (C=O) groups is 1. The Morgan fingerprint density at radius 3 is 2.77 bits per heavy atom. The Hall–Kier alpha value is -1.20. The monoisotopic (exact) mass is 199 g/mol. The molecule has 0 spiro atoms. The maximum absolute atomic E-state index is 11.1. The van der Waals surface area contributed by atoms with E-state index in [2.05, 4.69) is 5.32 Å². The molecule has 0 aliphatic rings. The standard InChI is InChI=1S/C8H9NO3S/c1-9-8(10)6-3-2-4-7(5-6)13(11)12/h2-5H,1H3,(H,9,10)(H,11,12). The van der Waals surface area contributed by atoms with E-state index in [1.54, 1.807) is 12.1 Å². The second kappa shape index (κ2) is 4.15. The summed E-state index contributed by atoms with van der Waals surface area (Å²) < 4.78 is 19.4. The number of nitrogens with one attached hydrogen (secondary N) is 1. The molecule has 70 valence electrons. The van der Waals surface area contributed by atoms with Gasteiger partial charge in [0.1, 0.15) is 0 Å². The molecule has 0 radical (unpaired) electrons. The number of hydrogen-bond donors (Lipinski definition) is 2. The van der Waals surface area contributed by atoms with Gasteiger partial charge >= 0.3 is 0 Å². The molecule has 1 atom stereocenters. The van der Waals surface area contributed by atoms with Gasteiger partial charge in [-0.2, -0.15) is 0 Å². The summed E-state index contributed by atoms with van der Waals surface area (Å²) in [7, 11) is 1.50. The Labute approximate surface area is 78.3 Å². The second-order valence-corrected chi connectivity index (χ2v) is 3.33. The smallest absolute Gasteiger partial charge is 0.251 e. The van der Waals surface area contributed by atoms with Crippen molar-refractivity contribution in [1.82, 2.24) is 5.32 Å². The molecular formula is C8H9NO3S. The Morgan fingerprint density at radius 2 is 2.23 bits per heavy atom. The molecular weight excluding hydrogens is 190 g/mol. The second-order valence-electron chi connectivity index (χ2n) is 2.36. The van der Waals surface area contributed by atoms with Crippen molar-refractivity contribution >= 4 is 17.0 Å². The molecule has 0 heterocycles. The van der Waals surface area contributed by atoms with Crippen LogP contribution in [0.5, 0.6) is 0 Å². The van der Waals surface area contributed by atoms with Crippen LogP contribution in [0.25, 0.3) is 0 Å². The molecule has 0 aliphatic carbocycles. The minimum Gasteiger partial charge on any atom is -0.355 e. The highest BCUT2D eigenvalue weighted by atomic mass is 32.2. The first kappa shape index (κ1) is 9.88. The lowest BCUT2D eigenvalue weighted by Gasteiger charge is -2.00. The third kappa shape index (κ3) is 2.37. The lowest BCUT2D eigenvalue weighted by Crippen LogP contribution is -2.17. The summed E-state index contributed by atoms with van der Waals surface area (Å²) in [6, 6.07) is 6.01. The van der Waals surface area contributed by atoms with Crippen LogP contribution < -0.4 is 5.32 Å². The largest absolute Gasteiger partial charge is 0.355 e. The van der Waals surface area contributed by atoms with Crippen molar-refractivity contribution in [3.8, 4) is 0 Å². The molecule has 0 aliphatic heterocycles. The van der Waals surface area contributed by atoms with E-state index in [-0.39, 0.29) is 10.8 Å². The molecule has 0 saturated carbocycles. The van der Waals surface area contributed by atoms with Gasteiger partial charge in [-0.3, -0.25) is 4.79 Å². The first-order valence-corrected chi connectivity index (χ1v) is 4.69. The molecule has 1 amide bonds. The number of hydrogen-bond acceptors (Lipinski definition) is 2. The molecule has 13 heavy (non-hydrogen) atoms. The zero-order chi connectivity index (χ0) is 9.84. The van der Waals surface area contributed by atoms with Crippen LogP contribution in [0.4, 0.5) is 0 Å². The SMILES string of the molecule is CNC(=O)c1cccc(S(=O)O)c1. The van der Waals surface area contributed by atoms with Crippen molar-refractivity contribution in [2.24, 2.45) is 0 Å². The average molecular weight is 199 g/mol. The molecule has 0 aromatic heterocycles. The van der Waals surface area contributed by atoms with Crippen LogP contribution in [0.2, 0.25) is 0 Å². The van der Waals surface area contributed by atoms with E-state index >= 15 is 0 Å². The summed E-state index contributed by atoms with van der Waals surface area (Å²) in [6.07, 6.45) is 0. The van der Waals surface area contributed by atoms with Gasteiger partial charge in [-0.05, 0) is 18.2 Å². The van der Waals surface area contributed by atoms with Gasteiger partial charge in [-0.25, -0.2) is 4.21 Å². The van der Waals surface area contributed by atoms with Crippen LogP contribution in [-0.4, -0.2) is 21.7 Å². The van der Waals surface area contributed by atoms with Crippen molar-refractivity contribution < 1.29 is 13.6 Å². The first-order valence-electron chi connectivity index (χ1n) is 3.58. The van der Waals surface area contributed by atoms with Gasteiger partial charge in [-0.15, -0.1) is 0 Å². The first-order chi connectivity index (χ1) is 6.15. The highest BCUT2D eigenvalue weighted by Gasteiger charge is 2.05. The Bertz CT molecular complexity index is 351. The lowest BCUT2D eigenvalue weighted by molar-refractivity contribution is 0.0963. The molecule has 2 N–H and O–H groups in total. The number of carbonyl (C=O) groups excluding carboxylic acids is 1. The molecule has 1 rings (SSSR count). The van der Waals surface area contributed by atoms with E-state index in [4.69, 9.17) is 4.55 Å². The van der Waals surface area contributed by atoms with Crippen molar-refractivity contribution in [1.29, 1.82) is 0 Å². The zero-order valence-corrected chi connectivity index (χ0v) is 7.80. The van der Waals surface area contributed by atoms with Crippen LogP contribution in [-0.2, 0) is 11.1 Å². The molecule has 1 aromatic rings. The van der Waals surface area contributed by atoms with E-state index in [9.17, 15) is 9.00 Å². The highest BCUT2D eigenvalue weighted by molar-refractivity contribution is 7.79. The summed E-state index contributed by atoms with van der Waals surface area (Å²) >= 11 is -2.04. The third-order valence-corrected chi connectivity index (χ3v) is 2.18. The molecule has 1 unspecified atom stereocenters. The predicted molar refractivity (Wildman–Crippen MR) is 48.9 cm³/mol. The van der Waals surface area contributed by atoms with Crippen LogP contribution in [0, 0.1) is 0 Å². The lowest BCUT2D eigenvalue weighted by atomic mass is 10.2. The van der Waals surface area contributed by atoms with Crippen molar-refractivity contribution in [3.63, 3.8) is 0 Å². The fourth-order valence-electron chi connectivity index (χ4n) is 0.890. The van der Waals surface area contributed by atoms with Gasteiger partial charge in [-0.1, -0.05) is 6.07 Å². The van der Waals surface area contributed by atoms with Crippen molar-refractivity contribution in [2.75, 3.05) is 7.05 Å². The third-order valence-electron chi connectivity index (χ3n) is 1.52. The van der Waals surface area contributed by atoms with Crippen molar-refractivity contribution in [2.45, 2.75) is 4.90 Å². The Balaban J connectivity index is 3.05. The van der Waals surface area contributed by atoms with Gasteiger partial charge in [0.05, 0.1) is 4.90 Å². The Kier molecular flexibility index (Phi) is 3.16. The number of amides is 1.